The first-order valence-electron chi connectivity index (χ1n) is 14.2. The van der Waals surface area contributed by atoms with Crippen LogP contribution in [0.5, 0.6) is 0 Å². The molecule has 0 saturated heterocycles. The number of hydrogen-bond donors (Lipinski definition) is 1. The zero-order chi connectivity index (χ0) is 25.1. The van der Waals surface area contributed by atoms with Crippen LogP contribution in [0.15, 0.2) is 23.3 Å². The van der Waals surface area contributed by atoms with Crippen LogP contribution in [-0.4, -0.2) is 22.6 Å². The minimum absolute atomic E-state index is 0.249. The van der Waals surface area contributed by atoms with Crippen LogP contribution in [0.3, 0.4) is 0 Å². The highest BCUT2D eigenvalue weighted by molar-refractivity contribution is 5.89. The Labute approximate surface area is 209 Å². The van der Waals surface area contributed by atoms with E-state index < -0.39 is 11.6 Å². The van der Waals surface area contributed by atoms with Crippen molar-refractivity contribution < 1.29 is 19.4 Å². The second kappa shape index (κ2) is 18.7. The quantitative estimate of drug-likeness (QED) is 0.115. The largest absolute Gasteiger partial charge is 0.478 e. The van der Waals surface area contributed by atoms with Crippen LogP contribution >= 0.6 is 0 Å². The Morgan fingerprint density at radius 2 is 1.21 bits per heavy atom. The molecule has 1 N–H and O–H groups in total. The molecule has 196 valence electrons. The van der Waals surface area contributed by atoms with Crippen molar-refractivity contribution in [2.45, 2.75) is 155 Å². The Morgan fingerprint density at radius 3 is 1.68 bits per heavy atom. The van der Waals surface area contributed by atoms with E-state index in [0.717, 1.165) is 32.1 Å². The van der Waals surface area contributed by atoms with Crippen LogP contribution in [0.25, 0.3) is 0 Å². The van der Waals surface area contributed by atoms with Crippen molar-refractivity contribution in [1.82, 2.24) is 0 Å². The van der Waals surface area contributed by atoms with E-state index in [9.17, 15) is 14.7 Å². The van der Waals surface area contributed by atoms with Crippen LogP contribution < -0.4 is 0 Å². The lowest BCUT2D eigenvalue weighted by molar-refractivity contribution is -0.153. The maximum absolute atomic E-state index is 12.7. The molecule has 0 aromatic carbocycles. The van der Waals surface area contributed by atoms with Gasteiger partial charge in [-0.1, -0.05) is 103 Å². The average molecular weight is 477 g/mol. The van der Waals surface area contributed by atoms with Gasteiger partial charge in [0.05, 0.1) is 0 Å². The number of carboxylic acid groups (broad SMARTS) is 1. The smallest absolute Gasteiger partial charge is 0.334 e. The molecule has 34 heavy (non-hydrogen) atoms. The summed E-state index contributed by atoms with van der Waals surface area (Å²) >= 11 is 0. The molecule has 1 fully saturated rings. The second-order valence-corrected chi connectivity index (χ2v) is 10.4. The lowest BCUT2D eigenvalue weighted by atomic mass is 9.83. The third kappa shape index (κ3) is 14.0. The van der Waals surface area contributed by atoms with Gasteiger partial charge in [0.25, 0.3) is 0 Å². The van der Waals surface area contributed by atoms with Crippen LogP contribution in [0, 0.1) is 0 Å². The highest BCUT2D eigenvalue weighted by Gasteiger charge is 2.35. The summed E-state index contributed by atoms with van der Waals surface area (Å²) in [6.45, 7) is 5.66. The summed E-state index contributed by atoms with van der Waals surface area (Å²) in [5.41, 5.74) is 0.127. The zero-order valence-electron chi connectivity index (χ0n) is 22.5. The predicted molar refractivity (Wildman–Crippen MR) is 142 cm³/mol. The molecular formula is C30H52O4. The van der Waals surface area contributed by atoms with E-state index >= 15 is 0 Å². The van der Waals surface area contributed by atoms with E-state index in [1.165, 1.54) is 83.5 Å². The number of carbonyl (C=O) groups excluding carboxylic acids is 1. The summed E-state index contributed by atoms with van der Waals surface area (Å²) in [5.74, 6) is -1.26. The van der Waals surface area contributed by atoms with Gasteiger partial charge in [-0.15, -0.1) is 0 Å². The van der Waals surface area contributed by atoms with Crippen LogP contribution in [0.4, 0.5) is 0 Å². The number of esters is 1. The third-order valence-electron chi connectivity index (χ3n) is 7.14. The van der Waals surface area contributed by atoms with Gasteiger partial charge in [-0.2, -0.15) is 0 Å². The molecule has 4 nitrogen and oxygen atoms in total. The minimum atomic E-state index is -0.953. The Bertz CT molecular complexity index is 626. The molecule has 0 radical (unpaired) electrons. The van der Waals surface area contributed by atoms with Crippen molar-refractivity contribution >= 4 is 11.9 Å². The molecule has 0 unspecified atom stereocenters. The number of unbranched alkanes of at least 4 members (excludes halogenated alkanes) is 14. The third-order valence-corrected chi connectivity index (χ3v) is 7.14. The number of carbonyl (C=O) groups is 2. The molecule has 0 bridgehead atoms. The lowest BCUT2D eigenvalue weighted by Gasteiger charge is -2.34. The maximum atomic E-state index is 12.7. The summed E-state index contributed by atoms with van der Waals surface area (Å²) in [5, 5.41) is 9.25. The van der Waals surface area contributed by atoms with Gasteiger partial charge < -0.3 is 9.84 Å². The zero-order valence-corrected chi connectivity index (χ0v) is 22.5. The van der Waals surface area contributed by atoms with Crippen LogP contribution in [0.2, 0.25) is 0 Å². The van der Waals surface area contributed by atoms with Crippen molar-refractivity contribution in [2.75, 3.05) is 0 Å². The molecular weight excluding hydrogens is 424 g/mol. The monoisotopic (exact) mass is 476 g/mol. The SMILES string of the molecule is CCCCCCCCCCCCCCCCC=C(C)C(=O)OC1(C=C(C)C(=O)O)CCCCC1. The van der Waals surface area contributed by atoms with Gasteiger partial charge >= 0.3 is 11.9 Å². The van der Waals surface area contributed by atoms with Crippen molar-refractivity contribution in [3.8, 4) is 0 Å². The number of aliphatic carboxylic acids is 1. The Hall–Kier alpha value is -1.58. The van der Waals surface area contributed by atoms with Crippen LogP contribution in [0.1, 0.15) is 149 Å². The Morgan fingerprint density at radius 1 is 0.735 bits per heavy atom. The van der Waals surface area contributed by atoms with E-state index in [4.69, 9.17) is 4.74 Å². The summed E-state index contributed by atoms with van der Waals surface area (Å²) in [7, 11) is 0. The predicted octanol–water partition coefficient (Wildman–Crippen LogP) is 9.08. The van der Waals surface area contributed by atoms with Crippen LogP contribution in [-0.2, 0) is 14.3 Å². The van der Waals surface area contributed by atoms with Gasteiger partial charge in [-0.25, -0.2) is 9.59 Å². The molecule has 0 heterocycles. The van der Waals surface area contributed by atoms with Crippen molar-refractivity contribution in [3.05, 3.63) is 23.3 Å². The highest BCUT2D eigenvalue weighted by Crippen LogP contribution is 2.34. The summed E-state index contributed by atoms with van der Waals surface area (Å²) in [4.78, 5) is 24.0. The first kappa shape index (κ1) is 30.5. The van der Waals surface area contributed by atoms with Gasteiger partial charge in [-0.05, 0) is 58.4 Å². The van der Waals surface area contributed by atoms with Gasteiger partial charge in [0.15, 0.2) is 0 Å². The molecule has 0 amide bonds. The van der Waals surface area contributed by atoms with Crippen molar-refractivity contribution in [2.24, 2.45) is 0 Å². The normalized spacial score (nSPS) is 16.4. The van der Waals surface area contributed by atoms with Gasteiger partial charge in [-0.3, -0.25) is 0 Å². The molecule has 0 aromatic rings. The fourth-order valence-corrected chi connectivity index (χ4v) is 4.89. The topological polar surface area (TPSA) is 63.6 Å². The standard InChI is InChI=1S/C30H52O4/c1-4-5-6-7-8-9-10-11-12-13-14-15-16-17-19-22-26(2)29(33)34-30(23-20-18-21-24-30)25-27(3)28(31)32/h22,25H,4-21,23-24H2,1-3H3,(H,31,32). The van der Waals surface area contributed by atoms with E-state index in [1.807, 2.05) is 13.0 Å². The molecule has 1 aliphatic rings. The van der Waals surface area contributed by atoms with E-state index in [2.05, 4.69) is 6.92 Å². The van der Waals surface area contributed by atoms with Gasteiger partial charge in [0.1, 0.15) is 5.60 Å². The van der Waals surface area contributed by atoms with E-state index in [-0.39, 0.29) is 11.5 Å². The molecule has 1 rings (SSSR count). The molecule has 4 heteroatoms. The van der Waals surface area contributed by atoms with Gasteiger partial charge in [0.2, 0.25) is 0 Å². The van der Waals surface area contributed by atoms with Crippen molar-refractivity contribution in [1.29, 1.82) is 0 Å². The number of carboxylic acids is 1. The Kier molecular flexibility index (Phi) is 16.8. The Balaban J connectivity index is 2.17. The van der Waals surface area contributed by atoms with Crippen molar-refractivity contribution in [3.63, 3.8) is 0 Å². The van der Waals surface area contributed by atoms with E-state index in [1.54, 1.807) is 13.0 Å². The number of allylic oxidation sites excluding steroid dienone is 1. The molecule has 0 spiro atoms. The molecule has 1 saturated carbocycles. The lowest BCUT2D eigenvalue weighted by Crippen LogP contribution is -2.36. The van der Waals surface area contributed by atoms with Gasteiger partial charge in [0, 0.05) is 11.1 Å². The first-order valence-corrected chi connectivity index (χ1v) is 14.2. The number of hydrogen-bond acceptors (Lipinski definition) is 3. The molecule has 0 atom stereocenters. The maximum Gasteiger partial charge on any atom is 0.334 e. The summed E-state index contributed by atoms with van der Waals surface area (Å²) in [6.07, 6.45) is 27.8. The fraction of sp³-hybridized carbons (Fsp3) is 0.800. The highest BCUT2D eigenvalue weighted by atomic mass is 16.6. The van der Waals surface area contributed by atoms with E-state index in [0.29, 0.717) is 18.4 Å². The molecule has 0 aliphatic heterocycles. The summed E-state index contributed by atoms with van der Waals surface area (Å²) < 4.78 is 5.89. The number of ether oxygens (including phenoxy) is 1. The summed E-state index contributed by atoms with van der Waals surface area (Å²) in [6, 6.07) is 0. The second-order valence-electron chi connectivity index (χ2n) is 10.4. The first-order chi connectivity index (χ1) is 16.4. The fourth-order valence-electron chi connectivity index (χ4n) is 4.89. The minimum Gasteiger partial charge on any atom is -0.478 e. The molecule has 1 aliphatic carbocycles. The average Bonchev–Trinajstić information content (AvgIpc) is 2.81. The molecule has 0 aromatic heterocycles. The number of rotatable bonds is 19.